The van der Waals surface area contributed by atoms with Crippen molar-refractivity contribution in [3.63, 3.8) is 0 Å². The number of hydrogen-bond donors (Lipinski definition) is 0. The van der Waals surface area contributed by atoms with Crippen LogP contribution in [0.1, 0.15) is 19.3 Å². The molecule has 0 bridgehead atoms. The fourth-order valence-electron chi connectivity index (χ4n) is 1.22. The first kappa shape index (κ1) is 7.00. The van der Waals surface area contributed by atoms with Gasteiger partial charge >= 0.3 is 0 Å². The second-order valence-corrected chi connectivity index (χ2v) is 3.71. The Morgan fingerprint density at radius 2 is 2.44 bits per heavy atom. The van der Waals surface area contributed by atoms with Gasteiger partial charge in [0.1, 0.15) is 19.3 Å². The molecule has 0 fully saturated rings. The molecule has 1 nitrogen and oxygen atoms in total. The molecular weight excluding hydrogens is 126 g/mol. The van der Waals surface area contributed by atoms with Crippen molar-refractivity contribution in [3.8, 4) is 0 Å². The molecule has 0 N–H and O–H groups in total. The van der Waals surface area contributed by atoms with Gasteiger partial charge in [0.15, 0.2) is 0 Å². The Hall–Kier alpha value is -0.113. The van der Waals surface area contributed by atoms with E-state index in [1.807, 2.05) is 0 Å². The normalized spacial score (nSPS) is 18.4. The summed E-state index contributed by atoms with van der Waals surface area (Å²) in [7, 11) is 1.38. The summed E-state index contributed by atoms with van der Waals surface area (Å²) >= 11 is 0. The van der Waals surface area contributed by atoms with Crippen molar-refractivity contribution in [2.24, 2.45) is 0 Å². The Morgan fingerprint density at radius 1 is 1.56 bits per heavy atom. The summed E-state index contributed by atoms with van der Waals surface area (Å²) in [5.74, 6) is 0. The van der Waals surface area contributed by atoms with E-state index in [1.165, 1.54) is 48.6 Å². The van der Waals surface area contributed by atoms with E-state index in [0.717, 1.165) is 0 Å². The first-order valence-electron chi connectivity index (χ1n) is 4.01. The van der Waals surface area contributed by atoms with Crippen molar-refractivity contribution >= 4 is 16.5 Å². The third-order valence-electron chi connectivity index (χ3n) is 1.84. The highest BCUT2D eigenvalue weighted by Gasteiger charge is 2.08. The fraction of sp³-hybridized carbons (Fsp3) is 0.857. The minimum atomic E-state index is 1.32. The smallest absolute Gasteiger partial charge is 0.143 e. The lowest BCUT2D eigenvalue weighted by Gasteiger charge is -1.93. The molecule has 1 rings (SSSR count). The molecule has 0 aromatic heterocycles. The molecule has 52 valence electrons. The van der Waals surface area contributed by atoms with Gasteiger partial charge in [-0.2, -0.15) is 0 Å². The molecule has 0 spiro atoms. The maximum absolute atomic E-state index is 2.47. The van der Waals surface area contributed by atoms with Crippen molar-refractivity contribution in [1.29, 1.82) is 0 Å². The third-order valence-corrected chi connectivity index (χ3v) is 2.54. The van der Waals surface area contributed by atoms with Crippen LogP contribution in [0.3, 0.4) is 0 Å². The lowest BCUT2D eigenvalue weighted by molar-refractivity contribution is -0.515. The highest BCUT2D eigenvalue weighted by molar-refractivity contribution is 6.08. The summed E-state index contributed by atoms with van der Waals surface area (Å²) in [5, 5.41) is 0. The van der Waals surface area contributed by atoms with Gasteiger partial charge < -0.3 is 0 Å². The van der Waals surface area contributed by atoms with Crippen LogP contribution in [0, 0.1) is 0 Å². The van der Waals surface area contributed by atoms with Crippen LogP contribution >= 0.6 is 0 Å². The summed E-state index contributed by atoms with van der Waals surface area (Å²) in [6, 6.07) is 1.46. The van der Waals surface area contributed by atoms with Gasteiger partial charge in [-0.1, -0.05) is 6.04 Å². The first-order valence-corrected chi connectivity index (χ1v) is 5.42. The lowest BCUT2D eigenvalue weighted by atomic mass is 10.4. The van der Waals surface area contributed by atoms with Crippen molar-refractivity contribution in [2.75, 3.05) is 13.1 Å². The molecule has 1 aliphatic heterocycles. The Labute approximate surface area is 60.2 Å². The Morgan fingerprint density at radius 3 is 3.00 bits per heavy atom. The predicted octanol–water partition coefficient (Wildman–Crippen LogP) is 0.0373. The van der Waals surface area contributed by atoms with E-state index in [2.05, 4.69) is 10.8 Å². The first-order chi connectivity index (χ1) is 4.43. The molecule has 0 aromatic carbocycles. The molecule has 2 heteroatoms. The molecule has 0 unspecified atom stereocenters. The van der Waals surface area contributed by atoms with Gasteiger partial charge in [0.25, 0.3) is 0 Å². The van der Waals surface area contributed by atoms with Gasteiger partial charge in [0.2, 0.25) is 0 Å². The zero-order valence-electron chi connectivity index (χ0n) is 6.27. The molecule has 1 aliphatic rings. The molecule has 0 amide bonds. The van der Waals surface area contributed by atoms with Gasteiger partial charge in [0, 0.05) is 29.5 Å². The van der Waals surface area contributed by atoms with E-state index in [-0.39, 0.29) is 0 Å². The molecule has 0 atom stereocenters. The minimum Gasteiger partial charge on any atom is -0.240 e. The number of nitrogens with zero attached hydrogens (tertiary/aromatic N) is 1. The topological polar surface area (TPSA) is 3.01 Å². The van der Waals surface area contributed by atoms with Crippen LogP contribution in [0.2, 0.25) is 6.04 Å². The van der Waals surface area contributed by atoms with Gasteiger partial charge in [-0.15, -0.1) is 0 Å². The largest absolute Gasteiger partial charge is 0.240 e. The average Bonchev–Trinajstić information content (AvgIpc) is 2.34. The highest BCUT2D eigenvalue weighted by atomic mass is 28.1. The van der Waals surface area contributed by atoms with Crippen molar-refractivity contribution in [1.82, 2.24) is 0 Å². The Bertz CT molecular complexity index is 109. The van der Waals surface area contributed by atoms with Crippen LogP contribution in [0.15, 0.2) is 0 Å². The number of rotatable bonds is 3. The van der Waals surface area contributed by atoms with Crippen molar-refractivity contribution < 1.29 is 4.58 Å². The zero-order valence-corrected chi connectivity index (χ0v) is 8.27. The summed E-state index contributed by atoms with van der Waals surface area (Å²) < 4.78 is 2.47. The average molecular weight is 142 g/mol. The zero-order chi connectivity index (χ0) is 6.53. The van der Waals surface area contributed by atoms with Crippen LogP contribution in [-0.2, 0) is 0 Å². The standard InChI is InChI=1S/C7H16NSi/c9-7-3-6-8-4-1-2-5-8/h4H,1-3,5-7H2,9H3/q+1. The van der Waals surface area contributed by atoms with Crippen LogP contribution < -0.4 is 0 Å². The predicted molar refractivity (Wildman–Crippen MR) is 44.7 cm³/mol. The van der Waals surface area contributed by atoms with Crippen LogP contribution in [0.25, 0.3) is 0 Å². The van der Waals surface area contributed by atoms with Crippen molar-refractivity contribution in [3.05, 3.63) is 0 Å². The Kier molecular flexibility index (Phi) is 2.98. The maximum Gasteiger partial charge on any atom is 0.143 e. The summed E-state index contributed by atoms with van der Waals surface area (Å²) in [5.41, 5.74) is 0. The van der Waals surface area contributed by atoms with E-state index < -0.39 is 0 Å². The van der Waals surface area contributed by atoms with E-state index >= 15 is 0 Å². The molecule has 0 aliphatic carbocycles. The monoisotopic (exact) mass is 142 g/mol. The fourth-order valence-corrected chi connectivity index (χ4v) is 1.54. The second-order valence-electron chi connectivity index (χ2n) is 2.71. The van der Waals surface area contributed by atoms with Gasteiger partial charge in [0.05, 0.1) is 0 Å². The molecule has 0 radical (unpaired) electrons. The highest BCUT2D eigenvalue weighted by Crippen LogP contribution is 1.97. The molecule has 0 saturated carbocycles. The quantitative estimate of drug-likeness (QED) is 0.386. The second kappa shape index (κ2) is 3.83. The number of hydrogen-bond acceptors (Lipinski definition) is 0. The molecular formula is C7H16NSi+. The summed E-state index contributed by atoms with van der Waals surface area (Å²) in [4.78, 5) is 0. The summed E-state index contributed by atoms with van der Waals surface area (Å²) in [6.45, 7) is 2.64. The third kappa shape index (κ3) is 2.31. The van der Waals surface area contributed by atoms with E-state index in [9.17, 15) is 0 Å². The molecule has 1 heterocycles. The van der Waals surface area contributed by atoms with Crippen LogP contribution in [0.5, 0.6) is 0 Å². The van der Waals surface area contributed by atoms with E-state index in [1.54, 1.807) is 0 Å². The molecule has 0 aromatic rings. The van der Waals surface area contributed by atoms with Crippen molar-refractivity contribution in [2.45, 2.75) is 25.3 Å². The van der Waals surface area contributed by atoms with Crippen LogP contribution in [0.4, 0.5) is 0 Å². The lowest BCUT2D eigenvalue weighted by Crippen LogP contribution is -2.09. The van der Waals surface area contributed by atoms with E-state index in [0.29, 0.717) is 0 Å². The van der Waals surface area contributed by atoms with E-state index in [4.69, 9.17) is 0 Å². The van der Waals surface area contributed by atoms with Crippen LogP contribution in [-0.4, -0.2) is 34.1 Å². The molecule has 9 heavy (non-hydrogen) atoms. The maximum atomic E-state index is 2.47. The SMILES string of the molecule is [SiH3]CCC[N+]1=CCCC1. The van der Waals surface area contributed by atoms with Gasteiger partial charge in [-0.05, 0) is 0 Å². The molecule has 0 saturated heterocycles. The van der Waals surface area contributed by atoms with Gasteiger partial charge in [-0.25, -0.2) is 4.58 Å². The minimum absolute atomic E-state index is 1.32. The summed E-state index contributed by atoms with van der Waals surface area (Å²) in [6.07, 6.45) is 6.49. The Balaban J connectivity index is 2.11. The van der Waals surface area contributed by atoms with Gasteiger partial charge in [-0.3, -0.25) is 0 Å².